The van der Waals surface area contributed by atoms with E-state index in [-0.39, 0.29) is 116 Å². The molecule has 0 radical (unpaired) electrons. The number of primary amides is 1. The largest absolute Gasteiger partial charge is 0.475 e. The number of benzene rings is 2. The van der Waals surface area contributed by atoms with Crippen LogP contribution < -0.4 is 63.2 Å². The monoisotopic (exact) mass is 1740 g/mol. The van der Waals surface area contributed by atoms with Gasteiger partial charge in [0, 0.05) is 77.2 Å². The van der Waals surface area contributed by atoms with Crippen LogP contribution >= 0.6 is 0 Å². The second-order valence-corrected chi connectivity index (χ2v) is 32.5. The second-order valence-electron chi connectivity index (χ2n) is 31.1. The number of aromatic nitrogens is 1. The van der Waals surface area contributed by atoms with Crippen LogP contribution in [0.1, 0.15) is 135 Å². The van der Waals surface area contributed by atoms with Crippen LogP contribution in [0.15, 0.2) is 41.4 Å². The highest BCUT2D eigenvalue weighted by Gasteiger charge is 2.53. The van der Waals surface area contributed by atoms with Crippen molar-refractivity contribution in [1.29, 1.82) is 0 Å². The number of nitrogens with two attached hydrogens (primary N) is 1. The first kappa shape index (κ1) is 96.6. The van der Waals surface area contributed by atoms with Crippen LogP contribution in [0.25, 0.3) is 10.9 Å². The maximum absolute atomic E-state index is 15.7. The lowest BCUT2D eigenvalue weighted by Gasteiger charge is -2.42. The number of rotatable bonds is 32. The van der Waals surface area contributed by atoms with E-state index in [2.05, 4.69) is 53.0 Å². The molecule has 0 aliphatic carbocycles. The van der Waals surface area contributed by atoms with Gasteiger partial charge in [0.05, 0.1) is 112 Å². The molecule has 2 fully saturated rings. The number of hydrogen-bond acceptors (Lipinski definition) is 30. The van der Waals surface area contributed by atoms with Crippen molar-refractivity contribution in [2.75, 3.05) is 92.3 Å². The average Bonchev–Trinajstić information content (AvgIpc) is 1.13. The first-order valence-electron chi connectivity index (χ1n) is 40.0. The Hall–Kier alpha value is -10.9. The average molecular weight is 1740 g/mol. The summed E-state index contributed by atoms with van der Waals surface area (Å²) in [7, 11) is 0.0816. The van der Waals surface area contributed by atoms with Crippen LogP contribution in [-0.2, 0) is 124 Å². The molecule has 2 saturated heterocycles. The number of ether oxygens (including phenoxy) is 10. The van der Waals surface area contributed by atoms with Crippen molar-refractivity contribution >= 4 is 111 Å². The zero-order chi connectivity index (χ0) is 89.4. The van der Waals surface area contributed by atoms with Gasteiger partial charge in [-0.2, -0.15) is 5.48 Å². The molecule has 44 heteroatoms. The van der Waals surface area contributed by atoms with Crippen molar-refractivity contribution in [3.8, 4) is 11.5 Å². The van der Waals surface area contributed by atoms with Gasteiger partial charge in [0.1, 0.15) is 65.0 Å². The Bertz CT molecular complexity index is 4320. The first-order chi connectivity index (χ1) is 57.8. The molecule has 7 heterocycles. The van der Waals surface area contributed by atoms with E-state index in [9.17, 15) is 82.4 Å². The molecule has 3 aromatic rings. The number of amides is 12. The minimum Gasteiger partial charge on any atom is -0.475 e. The van der Waals surface area contributed by atoms with Gasteiger partial charge in [-0.3, -0.25) is 66.6 Å². The fourth-order valence-corrected chi connectivity index (χ4v) is 15.7. The van der Waals surface area contributed by atoms with Gasteiger partial charge in [-0.15, -0.1) is 0 Å². The molecule has 8 bridgehead atoms. The number of carbonyl (C=O) groups is 15. The molecule has 43 nitrogen and oxygen atoms in total. The van der Waals surface area contributed by atoms with Crippen molar-refractivity contribution in [2.45, 2.75) is 215 Å². The maximum Gasteiger partial charge on any atom is 0.431 e. The Morgan fingerprint density at radius 2 is 1.49 bits per heavy atom. The van der Waals surface area contributed by atoms with Crippen molar-refractivity contribution in [3.63, 3.8) is 0 Å². The predicted octanol–water partition coefficient (Wildman–Crippen LogP) is -2.53. The van der Waals surface area contributed by atoms with Gasteiger partial charge in [0.25, 0.3) is 11.8 Å². The van der Waals surface area contributed by atoms with E-state index in [0.717, 1.165) is 25.9 Å². The molecule has 2 unspecified atom stereocenters. The molecule has 15 N–H and O–H groups in total. The van der Waals surface area contributed by atoms with Crippen molar-refractivity contribution < 1.29 is 144 Å². The number of unbranched alkanes of at least 4 members (excludes halogenated alkanes) is 3. The number of aromatic amines is 1. The number of fused-ring (bicyclic) bond motifs is 9. The highest BCUT2D eigenvalue weighted by molar-refractivity contribution is 7.85. The molecule has 122 heavy (non-hydrogen) atoms. The predicted molar refractivity (Wildman–Crippen MR) is 423 cm³/mol. The summed E-state index contributed by atoms with van der Waals surface area (Å²) in [6, 6.07) is -1.81. The maximum atomic E-state index is 15.7. The lowest BCUT2D eigenvalue weighted by Crippen LogP contribution is -2.67. The summed E-state index contributed by atoms with van der Waals surface area (Å²) < 4.78 is 72.1. The molecule has 12 amide bonds. The van der Waals surface area contributed by atoms with Gasteiger partial charge >= 0.3 is 30.1 Å². The van der Waals surface area contributed by atoms with Crippen LogP contribution in [0.5, 0.6) is 11.5 Å². The number of nitrogens with one attached hydrogen (secondary N) is 10. The summed E-state index contributed by atoms with van der Waals surface area (Å²) in [6.45, 7) is 8.72. The van der Waals surface area contributed by atoms with E-state index in [1.165, 1.54) is 55.3 Å². The standard InChI is InChI=1S/C78H111N13O30S/c1-11-40(2)64-78(20-14-12-13-15-22-90(9)76(109)114-38-44-16-19-56(118-73-58(117-43(5)94)33-57(116-42(4)93)63(119-73)72(106)111-10)49(28-44)65(100)80-21-23-112-24-25-113-26-27-115-89-75(108)121-77(6,7)8)74(107)82-35-60(98)83-53-39-122(110)70-48(47-18-17-46(120-78)30-50(47)86-70)31-51(66(101)81-34-61(99)87-64)84-69(104)62(41(3)55(96)37-92)88-68(103)54-29-45(95)36-91(54)71(105)52(32-59(79)97)85-67(53)102/h16-19,28,30,40-41,45,51-55,57-58,62-64,73,86,92,95-96H,11-15,20-27,29,31-39H2,1-10H3,(H2,79,97)(H,80,100)(H,81,101)(H,82,107)(H,83,98)(H,84,104)(H,85,102)(H,87,99)(H,88,103)(H,89,108)/t40-,41-,45+,51-,52-,53-,54-,55-,57-,58+,62-,63-,64+,73+,78?,122?/m0/s1. The number of methoxy groups -OCH3 is 1. The number of aliphatic hydroxyl groups is 3. The zero-order valence-electron chi connectivity index (χ0n) is 69.6. The minimum absolute atomic E-state index is 0.00233. The topological polar surface area (TPSA) is 592 Å². The van der Waals surface area contributed by atoms with Gasteiger partial charge in [-0.1, -0.05) is 46.1 Å². The number of carbonyl (C=O) groups excluding carboxylic acids is 15. The van der Waals surface area contributed by atoms with Crippen molar-refractivity contribution in [1.82, 2.24) is 62.8 Å². The Balaban J connectivity index is 1.03. The summed E-state index contributed by atoms with van der Waals surface area (Å²) in [5.74, 6) is -16.0. The van der Waals surface area contributed by atoms with E-state index in [1.54, 1.807) is 34.6 Å². The van der Waals surface area contributed by atoms with Crippen molar-refractivity contribution in [2.24, 2.45) is 17.6 Å². The normalized spacial score (nSPS) is 25.0. The number of hydrogen-bond donors (Lipinski definition) is 14. The molecule has 0 saturated carbocycles. The summed E-state index contributed by atoms with van der Waals surface area (Å²) in [5.41, 5.74) is 5.17. The molecule has 2 aromatic carbocycles. The van der Waals surface area contributed by atoms with Gasteiger partial charge in [-0.05, 0) is 81.3 Å². The van der Waals surface area contributed by atoms with Gasteiger partial charge in [0.2, 0.25) is 59.1 Å². The lowest BCUT2D eigenvalue weighted by molar-refractivity contribution is -0.248. The first-order valence-corrected chi connectivity index (χ1v) is 41.3. The Morgan fingerprint density at radius 3 is 2.18 bits per heavy atom. The van der Waals surface area contributed by atoms with Crippen LogP contribution in [0, 0.1) is 11.8 Å². The number of hydroxylamine groups is 1. The molecular formula is C78H111N13O30S. The highest BCUT2D eigenvalue weighted by Crippen LogP contribution is 2.38. The van der Waals surface area contributed by atoms with Gasteiger partial charge in [-0.25, -0.2) is 14.4 Å². The molecule has 16 atom stereocenters. The molecule has 6 aliphatic heterocycles. The molecule has 6 aliphatic rings. The zero-order valence-corrected chi connectivity index (χ0v) is 70.4. The Morgan fingerprint density at radius 1 is 0.803 bits per heavy atom. The van der Waals surface area contributed by atoms with E-state index in [0.29, 0.717) is 19.3 Å². The van der Waals surface area contributed by atoms with E-state index in [1.807, 2.05) is 0 Å². The fourth-order valence-electron chi connectivity index (χ4n) is 14.3. The second kappa shape index (κ2) is 44.8. The Kier molecular flexibility index (Phi) is 35.4. The smallest absolute Gasteiger partial charge is 0.431 e. The number of H-pyrrole nitrogens is 1. The van der Waals surface area contributed by atoms with Gasteiger partial charge in [0.15, 0.2) is 12.2 Å². The molecule has 1 aromatic heterocycles. The minimum atomic E-state index is -2.47. The Labute approximate surface area is 704 Å². The third-order valence-electron chi connectivity index (χ3n) is 20.7. The summed E-state index contributed by atoms with van der Waals surface area (Å²) in [6.07, 6.45) is -11.5. The summed E-state index contributed by atoms with van der Waals surface area (Å²) in [4.78, 5) is 219. The van der Waals surface area contributed by atoms with Crippen LogP contribution in [0.3, 0.4) is 0 Å². The van der Waals surface area contributed by atoms with Crippen LogP contribution in [0.2, 0.25) is 0 Å². The number of nitrogens with zero attached hydrogens (tertiary/aromatic N) is 2. The molecular weight excluding hydrogens is 1630 g/mol. The highest BCUT2D eigenvalue weighted by atomic mass is 32.2. The third-order valence-corrected chi connectivity index (χ3v) is 22.1. The number of esters is 3. The van der Waals surface area contributed by atoms with E-state index in [4.69, 9.17) is 57.9 Å². The van der Waals surface area contributed by atoms with E-state index >= 15 is 9.00 Å². The fraction of sp³-hybridized carbons (Fsp3) is 0.628. The molecule has 0 spiro atoms. The quantitative estimate of drug-likeness (QED) is 0.0133. The summed E-state index contributed by atoms with van der Waals surface area (Å²) in [5, 5.41) is 53.0. The van der Waals surface area contributed by atoms with Crippen molar-refractivity contribution in [3.05, 3.63) is 53.1 Å². The molecule has 9 rings (SSSR count). The SMILES string of the molecule is CC[C@H](C)[C@H]1NC(=O)CNC(=O)[C@@H]2Cc3c4[nH]c5cc(ccc35)OC1(CCCCCCN(C)C(=O)OCc1ccc(O[C@@H]3O[C@H](C(=O)OC)[C@@H](OC(C)=O)C[C@H]3OC(C)=O)c(C(=O)NCCOCCOCCONC(=O)OC(C)(C)C)c1)C(=O)NCC(=O)N[C@@H](CS4=O)C(=O)N[C@@H](CC(N)=O)C(=O)N1C[C@H](O)C[C@H]1C(=O)N[C@@H]([C@@H](C)[C@@H](O)CO)C(=O)N2. The molecule has 674 valence electrons. The number of aliphatic hydroxyl groups excluding tert-OH is 3. The lowest BCUT2D eigenvalue weighted by atomic mass is 9.79. The van der Waals surface area contributed by atoms with Crippen LogP contribution in [-0.4, -0.2) is 300 Å². The van der Waals surface area contributed by atoms with Crippen LogP contribution in [0.4, 0.5) is 9.59 Å². The van der Waals surface area contributed by atoms with Gasteiger partial charge < -0.3 is 126 Å². The van der Waals surface area contributed by atoms with E-state index < -0.39 is 254 Å². The third kappa shape index (κ3) is 26.8. The summed E-state index contributed by atoms with van der Waals surface area (Å²) >= 11 is 0.